The van der Waals surface area contributed by atoms with Gasteiger partial charge in [0, 0.05) is 29.3 Å². The number of benzene rings is 1. The van der Waals surface area contributed by atoms with Crippen LogP contribution in [0.15, 0.2) is 30.5 Å². The lowest BCUT2D eigenvalue weighted by Crippen LogP contribution is -2.30. The number of halogens is 1. The van der Waals surface area contributed by atoms with Crippen molar-refractivity contribution in [3.05, 3.63) is 78.1 Å². The Morgan fingerprint density at radius 1 is 1.08 bits per heavy atom. The summed E-state index contributed by atoms with van der Waals surface area (Å²) in [7, 11) is 0. The normalized spacial score (nSPS) is 22.3. The summed E-state index contributed by atoms with van der Waals surface area (Å²) in [5.74, 6) is -1.81. The number of hydrogen-bond acceptors (Lipinski definition) is 13. The highest BCUT2D eigenvalue weighted by molar-refractivity contribution is 6.30. The summed E-state index contributed by atoms with van der Waals surface area (Å²) in [5, 5.41) is 19.6. The van der Waals surface area contributed by atoms with Crippen molar-refractivity contribution >= 4 is 23.7 Å². The number of fused-ring (bicyclic) bond motifs is 1. The van der Waals surface area contributed by atoms with Gasteiger partial charge in [-0.2, -0.15) is 0 Å². The van der Waals surface area contributed by atoms with E-state index in [4.69, 9.17) is 30.5 Å². The number of aryl methyl sites for hydroxylation is 1. The molecule has 0 bridgehead atoms. The molecule has 208 valence electrons. The van der Waals surface area contributed by atoms with Crippen LogP contribution in [0.5, 0.6) is 5.75 Å². The highest BCUT2D eigenvalue weighted by Crippen LogP contribution is 2.41. The van der Waals surface area contributed by atoms with E-state index in [0.29, 0.717) is 21.8 Å². The quantitative estimate of drug-likeness (QED) is 0.185. The minimum atomic E-state index is -1.42. The Morgan fingerprint density at radius 2 is 1.69 bits per heavy atom. The molecule has 39 heavy (non-hydrogen) atoms. The fourth-order valence-corrected chi connectivity index (χ4v) is 4.58. The third kappa shape index (κ3) is 6.61. The molecule has 1 aliphatic carbocycles. The molecular weight excluding hydrogens is 546 g/mol. The van der Waals surface area contributed by atoms with Gasteiger partial charge in [-0.3, -0.25) is 9.78 Å². The van der Waals surface area contributed by atoms with Gasteiger partial charge in [-0.1, -0.05) is 23.7 Å². The van der Waals surface area contributed by atoms with Gasteiger partial charge in [0.2, 0.25) is 6.29 Å². The molecule has 0 radical (unpaired) electrons. The first-order valence-corrected chi connectivity index (χ1v) is 12.0. The summed E-state index contributed by atoms with van der Waals surface area (Å²) >= 11 is 5.96. The molecule has 2 heterocycles. The molecule has 5 atom stereocenters. The second kappa shape index (κ2) is 11.7. The summed E-state index contributed by atoms with van der Waals surface area (Å²) in [6.07, 6.45) is -4.65. The zero-order valence-corrected chi connectivity index (χ0v) is 21.3. The van der Waals surface area contributed by atoms with Crippen molar-refractivity contribution in [1.29, 1.82) is 0 Å². The summed E-state index contributed by atoms with van der Waals surface area (Å²) < 4.78 is 21.4. The Labute approximate surface area is 225 Å². The average Bonchev–Trinajstić information content (AvgIpc) is 3.45. The Kier molecular flexibility index (Phi) is 8.30. The first-order valence-electron chi connectivity index (χ1n) is 11.6. The lowest BCUT2D eigenvalue weighted by molar-refractivity contribution is -0.797. The summed E-state index contributed by atoms with van der Waals surface area (Å²) in [5.41, 5.74) is 2.53. The standard InChI is InChI=1S/C23H22ClN3O12/c1-11-20(17-10-34-21(16(17)9-25-11)13-3-5-15(24)6-4-13)37-23(29)36-12(2)35-22(28)14-7-18(38-26(30)31)19(8-14)39-27(32)33/h3-6,9,12,14,18-19,21H,7-8,10H2,1-2H3/t12?,14?,18-,19+,21-/m0/s1. The highest BCUT2D eigenvalue weighted by atomic mass is 35.5. The Bertz CT molecular complexity index is 1250. The van der Waals surface area contributed by atoms with Crippen LogP contribution in [0.4, 0.5) is 4.79 Å². The third-order valence-corrected chi connectivity index (χ3v) is 6.40. The van der Waals surface area contributed by atoms with E-state index >= 15 is 0 Å². The predicted octanol–water partition coefficient (Wildman–Crippen LogP) is 3.63. The van der Waals surface area contributed by atoms with Gasteiger partial charge < -0.3 is 28.6 Å². The van der Waals surface area contributed by atoms with Crippen molar-refractivity contribution in [2.24, 2.45) is 5.92 Å². The largest absolute Gasteiger partial charge is 0.517 e. The van der Waals surface area contributed by atoms with Crippen LogP contribution in [-0.2, 0) is 35.3 Å². The molecular formula is C23H22ClN3O12. The smallest absolute Gasteiger partial charge is 0.425 e. The van der Waals surface area contributed by atoms with Crippen LogP contribution in [0.3, 0.4) is 0 Å². The number of rotatable bonds is 9. The second-order valence-electron chi connectivity index (χ2n) is 8.73. The molecule has 1 aromatic carbocycles. The zero-order valence-electron chi connectivity index (χ0n) is 20.5. The van der Waals surface area contributed by atoms with E-state index in [-0.39, 0.29) is 25.2 Å². The number of nitrogens with zero attached hydrogens (tertiary/aromatic N) is 3. The predicted molar refractivity (Wildman–Crippen MR) is 126 cm³/mol. The molecule has 15 nitrogen and oxygen atoms in total. The number of carbonyl (C=O) groups excluding carboxylic acids is 2. The number of esters is 1. The molecule has 2 aliphatic rings. The van der Waals surface area contributed by atoms with E-state index in [1.54, 1.807) is 25.3 Å². The van der Waals surface area contributed by atoms with Gasteiger partial charge in [0.25, 0.3) is 10.2 Å². The van der Waals surface area contributed by atoms with Crippen LogP contribution in [0, 0.1) is 33.1 Å². The molecule has 0 N–H and O–H groups in total. The number of aromatic nitrogens is 1. The third-order valence-electron chi connectivity index (χ3n) is 6.15. The number of carbonyl (C=O) groups is 2. The van der Waals surface area contributed by atoms with Crippen LogP contribution in [-0.4, -0.2) is 45.8 Å². The van der Waals surface area contributed by atoms with Gasteiger partial charge in [0.05, 0.1) is 18.2 Å². The summed E-state index contributed by atoms with van der Waals surface area (Å²) in [6.45, 7) is 3.03. The van der Waals surface area contributed by atoms with Crippen LogP contribution in [0.25, 0.3) is 0 Å². The van der Waals surface area contributed by atoms with E-state index in [1.807, 2.05) is 12.1 Å². The lowest BCUT2D eigenvalue weighted by atomic mass is 10.0. The molecule has 0 spiro atoms. The van der Waals surface area contributed by atoms with Crippen molar-refractivity contribution in [3.63, 3.8) is 0 Å². The first-order chi connectivity index (χ1) is 18.5. The number of ether oxygens (including phenoxy) is 4. The monoisotopic (exact) mass is 567 g/mol. The molecule has 16 heteroatoms. The maximum atomic E-state index is 12.5. The van der Waals surface area contributed by atoms with Crippen molar-refractivity contribution in [3.8, 4) is 5.75 Å². The van der Waals surface area contributed by atoms with Crippen LogP contribution < -0.4 is 4.74 Å². The topological polar surface area (TPSA) is 189 Å². The summed E-state index contributed by atoms with van der Waals surface area (Å²) in [4.78, 5) is 59.4. The molecule has 0 amide bonds. The molecule has 0 saturated heterocycles. The van der Waals surface area contributed by atoms with Gasteiger partial charge in [-0.25, -0.2) is 4.79 Å². The highest BCUT2D eigenvalue weighted by Gasteiger charge is 2.44. The van der Waals surface area contributed by atoms with Crippen LogP contribution >= 0.6 is 11.6 Å². The number of pyridine rings is 1. The SMILES string of the molecule is Cc1ncc2c(c1OC(=O)OC(C)OC(=O)C1C[C@H](O[N+](=O)[O-])[C@H](O[N+](=O)[O-])C1)CO[C@H]2c1ccc(Cl)cc1. The van der Waals surface area contributed by atoms with Gasteiger partial charge in [0.15, 0.2) is 5.75 Å². The van der Waals surface area contributed by atoms with Gasteiger partial charge in [0.1, 0.15) is 18.3 Å². The maximum absolute atomic E-state index is 12.5. The van der Waals surface area contributed by atoms with Gasteiger partial charge in [-0.15, -0.1) is 20.2 Å². The molecule has 1 saturated carbocycles. The fraction of sp³-hybridized carbons (Fsp3) is 0.435. The lowest BCUT2D eigenvalue weighted by Gasteiger charge is -2.17. The fourth-order valence-electron chi connectivity index (χ4n) is 4.46. The van der Waals surface area contributed by atoms with Crippen LogP contribution in [0.2, 0.25) is 5.02 Å². The van der Waals surface area contributed by atoms with E-state index in [2.05, 4.69) is 14.7 Å². The Morgan fingerprint density at radius 3 is 2.28 bits per heavy atom. The van der Waals surface area contributed by atoms with Crippen LogP contribution in [0.1, 0.15) is 48.3 Å². The van der Waals surface area contributed by atoms with E-state index in [9.17, 15) is 29.8 Å². The van der Waals surface area contributed by atoms with E-state index in [1.165, 1.54) is 6.92 Å². The van der Waals surface area contributed by atoms with Gasteiger partial charge >= 0.3 is 12.1 Å². The zero-order chi connectivity index (χ0) is 28.3. The average molecular weight is 568 g/mol. The van der Waals surface area contributed by atoms with Gasteiger partial charge in [-0.05, 0) is 37.5 Å². The molecule has 2 aromatic rings. The molecule has 4 rings (SSSR count). The Hall–Kier alpha value is -4.24. The first kappa shape index (κ1) is 27.8. The number of hydrogen-bond donors (Lipinski definition) is 0. The van der Waals surface area contributed by atoms with Crippen molar-refractivity contribution in [2.45, 2.75) is 57.9 Å². The maximum Gasteiger partial charge on any atom is 0.517 e. The minimum Gasteiger partial charge on any atom is -0.425 e. The molecule has 1 aromatic heterocycles. The Balaban J connectivity index is 1.36. The second-order valence-corrected chi connectivity index (χ2v) is 9.16. The van der Waals surface area contributed by atoms with Crippen molar-refractivity contribution in [2.75, 3.05) is 0 Å². The molecule has 2 unspecified atom stereocenters. The van der Waals surface area contributed by atoms with Crippen molar-refractivity contribution < 1.29 is 48.4 Å². The minimum absolute atomic E-state index is 0.140. The summed E-state index contributed by atoms with van der Waals surface area (Å²) in [6, 6.07) is 7.09. The molecule has 1 aliphatic heterocycles. The van der Waals surface area contributed by atoms with E-state index in [0.717, 1.165) is 5.56 Å². The molecule has 1 fully saturated rings. The van der Waals surface area contributed by atoms with E-state index < -0.39 is 52.8 Å². The van der Waals surface area contributed by atoms with Crippen molar-refractivity contribution in [1.82, 2.24) is 4.98 Å².